The van der Waals surface area contributed by atoms with Gasteiger partial charge in [-0.1, -0.05) is 0 Å². The van der Waals surface area contributed by atoms with Gasteiger partial charge >= 0.3 is 6.03 Å². The van der Waals surface area contributed by atoms with E-state index in [-0.39, 0.29) is 17.2 Å². The zero-order chi connectivity index (χ0) is 24.2. The summed E-state index contributed by atoms with van der Waals surface area (Å²) in [5.41, 5.74) is 2.58. The Labute approximate surface area is 207 Å². The molecule has 0 fully saturated rings. The number of hydrogen-bond acceptors (Lipinski definition) is 8. The number of carbonyl (C=O) groups excluding carboxylic acids is 1. The van der Waals surface area contributed by atoms with Crippen LogP contribution in [0.4, 0.5) is 27.8 Å². The van der Waals surface area contributed by atoms with Gasteiger partial charge < -0.3 is 26.2 Å². The minimum atomic E-state index is -0.507. The lowest BCUT2D eigenvalue weighted by atomic mass is 10.2. The van der Waals surface area contributed by atoms with Gasteiger partial charge in [0.25, 0.3) is 0 Å². The van der Waals surface area contributed by atoms with Gasteiger partial charge in [0.2, 0.25) is 0 Å². The Hall–Kier alpha value is -3.77. The van der Waals surface area contributed by atoms with Crippen molar-refractivity contribution >= 4 is 56.7 Å². The highest BCUT2D eigenvalue weighted by atomic mass is 79.9. The Kier molecular flexibility index (Phi) is 6.89. The zero-order valence-corrected chi connectivity index (χ0v) is 20.5. The number of amides is 2. The fourth-order valence-corrected chi connectivity index (χ4v) is 4.24. The van der Waals surface area contributed by atoms with E-state index in [1.807, 2.05) is 32.0 Å². The summed E-state index contributed by atoms with van der Waals surface area (Å²) in [6.07, 6.45) is 0. The van der Waals surface area contributed by atoms with Crippen molar-refractivity contribution in [1.29, 1.82) is 0 Å². The molecule has 10 nitrogen and oxygen atoms in total. The zero-order valence-electron chi connectivity index (χ0n) is 18.0. The van der Waals surface area contributed by atoms with Crippen LogP contribution in [0.25, 0.3) is 0 Å². The number of H-pyrrole nitrogens is 1. The number of phenolic OH excluding ortho intramolecular Hbond substituents is 2. The predicted octanol–water partition coefficient (Wildman–Crippen LogP) is 5.53. The normalized spacial score (nSPS) is 10.7. The van der Waals surface area contributed by atoms with Crippen molar-refractivity contribution in [2.24, 2.45) is 0 Å². The SMILES string of the molecule is Cc1cc(Nc2cc(Br)[nH]n2)nc(Sc2ccc(NC(=O)Nc3cc(O)cc(O)c3)cc2C)n1. The molecule has 2 heterocycles. The van der Waals surface area contributed by atoms with Crippen LogP contribution in [0.3, 0.4) is 0 Å². The number of rotatable bonds is 6. The molecule has 0 unspecified atom stereocenters. The van der Waals surface area contributed by atoms with Crippen LogP contribution < -0.4 is 16.0 Å². The van der Waals surface area contributed by atoms with Gasteiger partial charge in [-0.15, -0.1) is 0 Å². The molecule has 0 saturated heterocycles. The molecule has 4 aromatic rings. The number of carbonyl (C=O) groups is 1. The monoisotopic (exact) mass is 541 g/mol. The van der Waals surface area contributed by atoms with Crippen molar-refractivity contribution in [3.05, 3.63) is 64.4 Å². The van der Waals surface area contributed by atoms with Crippen LogP contribution in [-0.2, 0) is 0 Å². The van der Waals surface area contributed by atoms with Gasteiger partial charge in [-0.3, -0.25) is 5.10 Å². The third kappa shape index (κ3) is 6.17. The van der Waals surface area contributed by atoms with E-state index in [9.17, 15) is 15.0 Å². The largest absolute Gasteiger partial charge is 0.508 e. The highest BCUT2D eigenvalue weighted by Gasteiger charge is 2.10. The Balaban J connectivity index is 1.43. The average Bonchev–Trinajstić information content (AvgIpc) is 3.13. The van der Waals surface area contributed by atoms with E-state index in [0.29, 0.717) is 22.5 Å². The summed E-state index contributed by atoms with van der Waals surface area (Å²) in [4.78, 5) is 22.3. The summed E-state index contributed by atoms with van der Waals surface area (Å²) in [6.45, 7) is 3.82. The summed E-state index contributed by atoms with van der Waals surface area (Å²) in [5, 5.41) is 35.0. The molecule has 174 valence electrons. The van der Waals surface area contributed by atoms with Crippen LogP contribution in [0, 0.1) is 13.8 Å². The third-order valence-electron chi connectivity index (χ3n) is 4.43. The molecule has 0 saturated carbocycles. The molecule has 0 aliphatic heterocycles. The van der Waals surface area contributed by atoms with Crippen LogP contribution in [0.1, 0.15) is 11.3 Å². The number of phenols is 2. The quantitative estimate of drug-likeness (QED) is 0.174. The van der Waals surface area contributed by atoms with Gasteiger partial charge in [-0.05, 0) is 65.3 Å². The molecule has 2 aromatic heterocycles. The summed E-state index contributed by atoms with van der Waals surface area (Å²) < 4.78 is 0.758. The molecule has 0 spiro atoms. The molecule has 2 aromatic carbocycles. The summed E-state index contributed by atoms with van der Waals surface area (Å²) >= 11 is 4.73. The van der Waals surface area contributed by atoms with Crippen LogP contribution in [0.5, 0.6) is 11.5 Å². The number of hydrogen-bond donors (Lipinski definition) is 6. The predicted molar refractivity (Wildman–Crippen MR) is 134 cm³/mol. The lowest BCUT2D eigenvalue weighted by Gasteiger charge is -2.11. The van der Waals surface area contributed by atoms with Gasteiger partial charge in [0, 0.05) is 52.3 Å². The second-order valence-electron chi connectivity index (χ2n) is 7.30. The fourth-order valence-electron chi connectivity index (χ4n) is 3.05. The minimum absolute atomic E-state index is 0.151. The Morgan fingerprint density at radius 1 is 0.941 bits per heavy atom. The lowest BCUT2D eigenvalue weighted by Crippen LogP contribution is -2.19. The van der Waals surface area contributed by atoms with Crippen molar-refractivity contribution in [3.8, 4) is 11.5 Å². The van der Waals surface area contributed by atoms with Gasteiger partial charge in [-0.2, -0.15) is 5.10 Å². The third-order valence-corrected chi connectivity index (χ3v) is 5.88. The molecule has 0 aliphatic carbocycles. The standard InChI is InChI=1S/C22H20BrN7O3S/c1-11-5-13(25-21(33)26-14-7-15(31)9-16(32)8-14)3-4-17(11)34-22-24-12(2)6-19(28-22)27-20-10-18(23)29-30-20/h3-10,31-32H,1-2H3,(H2,25,26,33)(H2,24,27,28,29,30). The first-order valence-electron chi connectivity index (χ1n) is 9.96. The topological polar surface area (TPSA) is 148 Å². The van der Waals surface area contributed by atoms with Crippen molar-refractivity contribution in [1.82, 2.24) is 20.2 Å². The number of nitrogens with zero attached hydrogens (tertiary/aromatic N) is 3. The van der Waals surface area contributed by atoms with Crippen molar-refractivity contribution < 1.29 is 15.0 Å². The number of halogens is 1. The number of urea groups is 1. The first kappa shape index (κ1) is 23.4. The van der Waals surface area contributed by atoms with Crippen molar-refractivity contribution in [2.45, 2.75) is 23.9 Å². The minimum Gasteiger partial charge on any atom is -0.508 e. The van der Waals surface area contributed by atoms with E-state index in [0.717, 1.165) is 20.8 Å². The van der Waals surface area contributed by atoms with Gasteiger partial charge in [0.15, 0.2) is 11.0 Å². The van der Waals surface area contributed by atoms with Crippen LogP contribution >= 0.6 is 27.7 Å². The molecular formula is C22H20BrN7O3S. The molecule has 12 heteroatoms. The van der Waals surface area contributed by atoms with Crippen LogP contribution in [0.2, 0.25) is 0 Å². The van der Waals surface area contributed by atoms with Gasteiger partial charge in [0.1, 0.15) is 21.9 Å². The maximum absolute atomic E-state index is 12.3. The van der Waals surface area contributed by atoms with E-state index in [4.69, 9.17) is 0 Å². The van der Waals surface area contributed by atoms with E-state index < -0.39 is 6.03 Å². The smallest absolute Gasteiger partial charge is 0.323 e. The van der Waals surface area contributed by atoms with Crippen molar-refractivity contribution in [3.63, 3.8) is 0 Å². The molecule has 34 heavy (non-hydrogen) atoms. The van der Waals surface area contributed by atoms with Crippen molar-refractivity contribution in [2.75, 3.05) is 16.0 Å². The number of aromatic hydroxyl groups is 2. The Morgan fingerprint density at radius 3 is 2.35 bits per heavy atom. The number of aromatic amines is 1. The van der Waals surface area contributed by atoms with E-state index in [1.54, 1.807) is 12.1 Å². The van der Waals surface area contributed by atoms with E-state index in [2.05, 4.69) is 52.0 Å². The molecule has 6 N–H and O–H groups in total. The van der Waals surface area contributed by atoms with Crippen LogP contribution in [0.15, 0.2) is 63.2 Å². The molecule has 0 bridgehead atoms. The lowest BCUT2D eigenvalue weighted by molar-refractivity contribution is 0.262. The Morgan fingerprint density at radius 2 is 1.68 bits per heavy atom. The maximum Gasteiger partial charge on any atom is 0.323 e. The molecule has 0 aliphatic rings. The van der Waals surface area contributed by atoms with Gasteiger partial charge in [0.05, 0.1) is 0 Å². The first-order valence-corrected chi connectivity index (χ1v) is 11.6. The Bertz CT molecular complexity index is 1340. The molecule has 2 amide bonds. The molecule has 4 rings (SSSR count). The molecule has 0 atom stereocenters. The number of nitrogens with one attached hydrogen (secondary N) is 4. The van der Waals surface area contributed by atoms with E-state index in [1.165, 1.54) is 30.0 Å². The molecule has 0 radical (unpaired) electrons. The highest BCUT2D eigenvalue weighted by molar-refractivity contribution is 9.10. The summed E-state index contributed by atoms with van der Waals surface area (Å²) in [6, 6.07) is 12.4. The first-order chi connectivity index (χ1) is 16.2. The highest BCUT2D eigenvalue weighted by Crippen LogP contribution is 2.31. The van der Waals surface area contributed by atoms with E-state index >= 15 is 0 Å². The number of anilines is 4. The van der Waals surface area contributed by atoms with Crippen LogP contribution in [-0.4, -0.2) is 36.4 Å². The van der Waals surface area contributed by atoms with Gasteiger partial charge in [-0.25, -0.2) is 14.8 Å². The second-order valence-corrected chi connectivity index (χ2v) is 9.17. The maximum atomic E-state index is 12.3. The summed E-state index contributed by atoms with van der Waals surface area (Å²) in [5.74, 6) is 0.953. The summed E-state index contributed by atoms with van der Waals surface area (Å²) in [7, 11) is 0. The number of aromatic nitrogens is 4. The number of benzene rings is 2. The molecular weight excluding hydrogens is 522 g/mol. The number of aryl methyl sites for hydroxylation is 2. The average molecular weight is 542 g/mol. The second kappa shape index (κ2) is 10.0. The fraction of sp³-hybridized carbons (Fsp3) is 0.0909.